The minimum Gasteiger partial charge on any atom is -0.385 e. The first-order chi connectivity index (χ1) is 13.3. The van der Waals surface area contributed by atoms with Gasteiger partial charge in [0.1, 0.15) is 0 Å². The van der Waals surface area contributed by atoms with Gasteiger partial charge in [0, 0.05) is 50.8 Å². The highest BCUT2D eigenvalue weighted by molar-refractivity contribution is 5.50. The quantitative estimate of drug-likeness (QED) is 0.772. The highest BCUT2D eigenvalue weighted by atomic mass is 16.5. The number of hydrogen-bond acceptors (Lipinski definition) is 7. The van der Waals surface area contributed by atoms with Crippen molar-refractivity contribution in [2.75, 3.05) is 40.0 Å². The molecule has 0 aromatic carbocycles. The van der Waals surface area contributed by atoms with Crippen LogP contribution in [-0.2, 0) is 14.9 Å². The molecule has 2 aromatic rings. The van der Waals surface area contributed by atoms with E-state index in [4.69, 9.17) is 19.0 Å². The Bertz CT molecular complexity index is 707. The van der Waals surface area contributed by atoms with Crippen LogP contribution in [0.4, 0.5) is 0 Å². The van der Waals surface area contributed by atoms with Gasteiger partial charge >= 0.3 is 0 Å². The Morgan fingerprint density at radius 2 is 2.07 bits per heavy atom. The second-order valence-corrected chi connectivity index (χ2v) is 7.57. The molecule has 2 aliphatic rings. The molecular formula is C20H28N4O3. The smallest absolute Gasteiger partial charge is 0.259 e. The number of nitrogens with zero attached hydrogens (tertiary/aromatic N) is 4. The van der Waals surface area contributed by atoms with Crippen LogP contribution in [0.2, 0.25) is 0 Å². The molecule has 4 rings (SSSR count). The first-order valence-corrected chi connectivity index (χ1v) is 9.86. The third kappa shape index (κ3) is 4.05. The normalized spacial score (nSPS) is 21.4. The van der Waals surface area contributed by atoms with Crippen LogP contribution in [0.1, 0.15) is 37.9 Å². The van der Waals surface area contributed by atoms with E-state index in [1.54, 1.807) is 19.5 Å². The molecule has 0 aliphatic carbocycles. The number of rotatable bonds is 6. The first-order valence-electron chi connectivity index (χ1n) is 9.86. The molecule has 146 valence electrons. The Hall–Kier alpha value is -1.83. The summed E-state index contributed by atoms with van der Waals surface area (Å²) in [5.41, 5.74) is 0.777. The molecule has 7 nitrogen and oxygen atoms in total. The molecule has 0 amide bonds. The summed E-state index contributed by atoms with van der Waals surface area (Å²) in [6, 6.07) is 4.47. The van der Waals surface area contributed by atoms with Gasteiger partial charge in [-0.15, -0.1) is 0 Å². The summed E-state index contributed by atoms with van der Waals surface area (Å²) in [6.07, 6.45) is 8.74. The summed E-state index contributed by atoms with van der Waals surface area (Å²) in [7, 11) is 1.75. The van der Waals surface area contributed by atoms with Gasteiger partial charge in [0.2, 0.25) is 0 Å². The van der Waals surface area contributed by atoms with Crippen molar-refractivity contribution in [3.8, 4) is 11.5 Å². The van der Waals surface area contributed by atoms with E-state index in [0.29, 0.717) is 18.5 Å². The van der Waals surface area contributed by atoms with E-state index in [2.05, 4.69) is 15.0 Å². The molecule has 0 atom stereocenters. The van der Waals surface area contributed by atoms with Gasteiger partial charge in [0.15, 0.2) is 5.82 Å². The highest BCUT2D eigenvalue weighted by Crippen LogP contribution is 2.39. The minimum atomic E-state index is -0.0817. The number of aromatic nitrogens is 3. The van der Waals surface area contributed by atoms with E-state index in [1.165, 1.54) is 0 Å². The van der Waals surface area contributed by atoms with Gasteiger partial charge < -0.3 is 18.9 Å². The lowest BCUT2D eigenvalue weighted by Crippen LogP contribution is -2.49. The van der Waals surface area contributed by atoms with Gasteiger partial charge in [-0.2, -0.15) is 4.98 Å². The summed E-state index contributed by atoms with van der Waals surface area (Å²) in [4.78, 5) is 11.5. The van der Waals surface area contributed by atoms with Crippen LogP contribution >= 0.6 is 0 Å². The van der Waals surface area contributed by atoms with Crippen molar-refractivity contribution >= 4 is 0 Å². The van der Waals surface area contributed by atoms with Crippen LogP contribution in [0.15, 0.2) is 29.0 Å². The van der Waals surface area contributed by atoms with Gasteiger partial charge in [-0.05, 0) is 57.3 Å². The SMILES string of the molecule is COCCC1(c2noc(-c3cccnc3)n2)CCN(C2CCOCC2)CC1. The summed E-state index contributed by atoms with van der Waals surface area (Å²) >= 11 is 0. The van der Waals surface area contributed by atoms with Crippen molar-refractivity contribution in [3.63, 3.8) is 0 Å². The number of pyridine rings is 1. The Morgan fingerprint density at radius 1 is 1.26 bits per heavy atom. The van der Waals surface area contributed by atoms with Crippen molar-refractivity contribution in [2.24, 2.45) is 0 Å². The van der Waals surface area contributed by atoms with Crippen LogP contribution in [0, 0.1) is 0 Å². The maximum atomic E-state index is 5.58. The average molecular weight is 372 g/mol. The third-order valence-electron chi connectivity index (χ3n) is 6.06. The largest absolute Gasteiger partial charge is 0.385 e. The van der Waals surface area contributed by atoms with E-state index in [1.807, 2.05) is 12.1 Å². The lowest BCUT2D eigenvalue weighted by Gasteiger charge is -2.43. The van der Waals surface area contributed by atoms with Gasteiger partial charge in [-0.1, -0.05) is 5.16 Å². The molecule has 2 saturated heterocycles. The van der Waals surface area contributed by atoms with Gasteiger partial charge in [-0.3, -0.25) is 4.98 Å². The summed E-state index contributed by atoms with van der Waals surface area (Å²) in [6.45, 7) is 4.59. The molecule has 7 heteroatoms. The number of likely N-dealkylation sites (tertiary alicyclic amines) is 1. The molecule has 2 aliphatic heterocycles. The number of ether oxygens (including phenoxy) is 2. The lowest BCUT2D eigenvalue weighted by molar-refractivity contribution is 0.0121. The molecule has 2 aromatic heterocycles. The molecule has 4 heterocycles. The van der Waals surface area contributed by atoms with Crippen molar-refractivity contribution < 1.29 is 14.0 Å². The van der Waals surface area contributed by atoms with E-state index < -0.39 is 0 Å². The van der Waals surface area contributed by atoms with Crippen molar-refractivity contribution in [1.29, 1.82) is 0 Å². The van der Waals surface area contributed by atoms with E-state index in [9.17, 15) is 0 Å². The fraction of sp³-hybridized carbons (Fsp3) is 0.650. The van der Waals surface area contributed by atoms with E-state index in [0.717, 1.165) is 69.8 Å². The first kappa shape index (κ1) is 18.5. The molecular weight excluding hydrogens is 344 g/mol. The molecule has 0 unspecified atom stereocenters. The van der Waals surface area contributed by atoms with Crippen molar-refractivity contribution in [2.45, 2.75) is 43.6 Å². The van der Waals surface area contributed by atoms with Crippen LogP contribution < -0.4 is 0 Å². The zero-order chi connectivity index (χ0) is 18.5. The molecule has 0 saturated carbocycles. The van der Waals surface area contributed by atoms with Gasteiger partial charge in [0.25, 0.3) is 5.89 Å². The molecule has 0 bridgehead atoms. The van der Waals surface area contributed by atoms with Crippen molar-refractivity contribution in [1.82, 2.24) is 20.0 Å². The maximum absolute atomic E-state index is 5.58. The Kier molecular flexibility index (Phi) is 5.80. The zero-order valence-corrected chi connectivity index (χ0v) is 16.0. The molecule has 27 heavy (non-hydrogen) atoms. The second-order valence-electron chi connectivity index (χ2n) is 7.57. The lowest BCUT2D eigenvalue weighted by atomic mass is 9.74. The monoisotopic (exact) mass is 372 g/mol. The fourth-order valence-electron chi connectivity index (χ4n) is 4.30. The molecule has 0 N–H and O–H groups in total. The highest BCUT2D eigenvalue weighted by Gasteiger charge is 2.41. The third-order valence-corrected chi connectivity index (χ3v) is 6.06. The summed E-state index contributed by atoms with van der Waals surface area (Å²) in [5, 5.41) is 4.37. The molecule has 0 radical (unpaired) electrons. The summed E-state index contributed by atoms with van der Waals surface area (Å²) < 4.78 is 16.5. The zero-order valence-electron chi connectivity index (χ0n) is 16.0. The van der Waals surface area contributed by atoms with Gasteiger partial charge in [0.05, 0.1) is 5.56 Å². The number of methoxy groups -OCH3 is 1. The van der Waals surface area contributed by atoms with Crippen molar-refractivity contribution in [3.05, 3.63) is 30.4 Å². The summed E-state index contributed by atoms with van der Waals surface area (Å²) in [5.74, 6) is 1.35. The maximum Gasteiger partial charge on any atom is 0.259 e. The fourth-order valence-corrected chi connectivity index (χ4v) is 4.30. The van der Waals surface area contributed by atoms with E-state index in [-0.39, 0.29) is 5.41 Å². The van der Waals surface area contributed by atoms with Crippen LogP contribution in [0.3, 0.4) is 0 Å². The Labute approximate surface area is 160 Å². The number of piperidine rings is 1. The Balaban J connectivity index is 1.51. The average Bonchev–Trinajstić information content (AvgIpc) is 3.25. The van der Waals surface area contributed by atoms with Crippen LogP contribution in [-0.4, -0.2) is 66.1 Å². The topological polar surface area (TPSA) is 73.5 Å². The Morgan fingerprint density at radius 3 is 2.78 bits per heavy atom. The second kappa shape index (κ2) is 8.46. The predicted octanol–water partition coefficient (Wildman–Crippen LogP) is 2.68. The van der Waals surface area contributed by atoms with Crippen LogP contribution in [0.5, 0.6) is 0 Å². The molecule has 2 fully saturated rings. The number of hydrogen-bond donors (Lipinski definition) is 0. The standard InChI is InChI=1S/C20H28N4O3/c1-25-14-8-20(6-10-24(11-7-20)17-4-12-26-13-5-17)19-22-18(27-23-19)16-3-2-9-21-15-16/h2-3,9,15,17H,4-8,10-14H2,1H3. The van der Waals surface area contributed by atoms with Crippen LogP contribution in [0.25, 0.3) is 11.5 Å². The molecule has 0 spiro atoms. The van der Waals surface area contributed by atoms with E-state index >= 15 is 0 Å². The predicted molar refractivity (Wildman–Crippen MR) is 100 cm³/mol. The minimum absolute atomic E-state index is 0.0817. The van der Waals surface area contributed by atoms with Gasteiger partial charge in [-0.25, -0.2) is 0 Å².